The van der Waals surface area contributed by atoms with E-state index in [1.54, 1.807) is 11.3 Å². The number of aryl methyl sites for hydroxylation is 1. The molecule has 2 aromatic rings. The summed E-state index contributed by atoms with van der Waals surface area (Å²) in [4.78, 5) is 5.74. The molecule has 0 aliphatic rings. The minimum atomic E-state index is 0.244. The Morgan fingerprint density at radius 3 is 2.88 bits per heavy atom. The Morgan fingerprint density at radius 2 is 2.31 bits per heavy atom. The van der Waals surface area contributed by atoms with E-state index in [-0.39, 0.29) is 4.83 Å². The number of halogens is 2. The molecule has 0 aromatic carbocycles. The van der Waals surface area contributed by atoms with Crippen LogP contribution in [0.15, 0.2) is 29.8 Å². The van der Waals surface area contributed by atoms with Crippen LogP contribution in [-0.4, -0.2) is 4.98 Å². The molecule has 2 rings (SSSR count). The van der Waals surface area contributed by atoms with E-state index in [4.69, 9.17) is 11.6 Å². The summed E-state index contributed by atoms with van der Waals surface area (Å²) in [5, 5.41) is 2.97. The molecule has 0 spiro atoms. The van der Waals surface area contributed by atoms with Gasteiger partial charge >= 0.3 is 0 Å². The van der Waals surface area contributed by atoms with Crippen LogP contribution in [0.4, 0.5) is 0 Å². The van der Waals surface area contributed by atoms with Gasteiger partial charge in [0.25, 0.3) is 0 Å². The van der Waals surface area contributed by atoms with Crippen molar-refractivity contribution < 1.29 is 0 Å². The summed E-state index contributed by atoms with van der Waals surface area (Å²) < 4.78 is 0. The molecule has 0 aliphatic heterocycles. The Hall–Kier alpha value is -0.380. The maximum atomic E-state index is 6.23. The van der Waals surface area contributed by atoms with Crippen LogP contribution in [0.1, 0.15) is 21.0 Å². The number of nitrogens with zero attached hydrogens (tertiary/aromatic N) is 1. The van der Waals surface area contributed by atoms with Crippen LogP contribution in [0.25, 0.3) is 0 Å². The fourth-order valence-electron chi connectivity index (χ4n) is 1.46. The lowest BCUT2D eigenvalue weighted by atomic mass is 10.2. The normalized spacial score (nSPS) is 12.7. The zero-order chi connectivity index (χ0) is 11.5. The van der Waals surface area contributed by atoms with E-state index in [9.17, 15) is 0 Å². The summed E-state index contributed by atoms with van der Waals surface area (Å²) in [6.07, 6.45) is 2.68. The van der Waals surface area contributed by atoms with Gasteiger partial charge in [0.15, 0.2) is 0 Å². The molecule has 0 aliphatic carbocycles. The minimum absolute atomic E-state index is 0.244. The molecule has 1 atom stereocenters. The first-order valence-electron chi connectivity index (χ1n) is 4.96. The molecule has 1 unspecified atom stereocenters. The lowest BCUT2D eigenvalue weighted by molar-refractivity contribution is 0.919. The molecule has 2 aromatic heterocycles. The van der Waals surface area contributed by atoms with E-state index in [1.807, 2.05) is 31.3 Å². The van der Waals surface area contributed by atoms with Crippen LogP contribution >= 0.6 is 38.9 Å². The van der Waals surface area contributed by atoms with E-state index < -0.39 is 0 Å². The quantitative estimate of drug-likeness (QED) is 0.742. The topological polar surface area (TPSA) is 12.9 Å². The second-order valence-corrected chi connectivity index (χ2v) is 5.98. The molecule has 84 valence electrons. The summed E-state index contributed by atoms with van der Waals surface area (Å²) in [7, 11) is 0. The van der Waals surface area contributed by atoms with Gasteiger partial charge < -0.3 is 0 Å². The highest BCUT2D eigenvalue weighted by atomic mass is 79.9. The number of thiophene rings is 1. The highest BCUT2D eigenvalue weighted by molar-refractivity contribution is 9.09. The van der Waals surface area contributed by atoms with Gasteiger partial charge in [-0.15, -0.1) is 11.3 Å². The number of hydrogen-bond acceptors (Lipinski definition) is 2. The monoisotopic (exact) mass is 315 g/mol. The Kier molecular flexibility index (Phi) is 4.00. The first-order chi connectivity index (χ1) is 7.68. The molecule has 0 amide bonds. The van der Waals surface area contributed by atoms with Gasteiger partial charge in [0.1, 0.15) is 0 Å². The van der Waals surface area contributed by atoms with Crippen LogP contribution in [-0.2, 0) is 6.42 Å². The van der Waals surface area contributed by atoms with Gasteiger partial charge in [-0.1, -0.05) is 33.6 Å². The Morgan fingerprint density at radius 1 is 1.50 bits per heavy atom. The Labute approximate surface area is 113 Å². The van der Waals surface area contributed by atoms with Gasteiger partial charge in [0, 0.05) is 23.2 Å². The van der Waals surface area contributed by atoms with Gasteiger partial charge in [-0.05, 0) is 30.0 Å². The minimum Gasteiger partial charge on any atom is -0.261 e. The van der Waals surface area contributed by atoms with E-state index >= 15 is 0 Å². The molecular weight excluding hydrogens is 306 g/mol. The molecule has 0 N–H and O–H groups in total. The van der Waals surface area contributed by atoms with Gasteiger partial charge in [0.05, 0.1) is 9.85 Å². The smallest absolute Gasteiger partial charge is 0.0585 e. The first kappa shape index (κ1) is 12.1. The van der Waals surface area contributed by atoms with Crippen molar-refractivity contribution in [2.75, 3.05) is 0 Å². The summed E-state index contributed by atoms with van der Waals surface area (Å²) in [6.45, 7) is 2.03. The van der Waals surface area contributed by atoms with Crippen LogP contribution in [0.2, 0.25) is 5.02 Å². The van der Waals surface area contributed by atoms with Crippen molar-refractivity contribution >= 4 is 38.9 Å². The second kappa shape index (κ2) is 5.30. The predicted octanol–water partition coefficient (Wildman–Crippen LogP) is 4.78. The van der Waals surface area contributed by atoms with Crippen molar-refractivity contribution in [3.8, 4) is 0 Å². The number of alkyl halides is 1. The fourth-order valence-corrected chi connectivity index (χ4v) is 3.77. The molecule has 1 nitrogen and oxygen atoms in total. The van der Waals surface area contributed by atoms with E-state index in [1.165, 1.54) is 4.88 Å². The number of hydrogen-bond donors (Lipinski definition) is 0. The van der Waals surface area contributed by atoms with Crippen molar-refractivity contribution in [2.45, 2.75) is 18.2 Å². The van der Waals surface area contributed by atoms with Crippen molar-refractivity contribution in [1.29, 1.82) is 0 Å². The third-order valence-corrected chi connectivity index (χ3v) is 5.24. The van der Waals surface area contributed by atoms with E-state index in [0.717, 1.165) is 22.7 Å². The zero-order valence-corrected chi connectivity index (χ0v) is 11.9. The van der Waals surface area contributed by atoms with Crippen molar-refractivity contribution in [2.24, 2.45) is 0 Å². The van der Waals surface area contributed by atoms with Crippen LogP contribution in [0.5, 0.6) is 0 Å². The molecule has 0 fully saturated rings. The van der Waals surface area contributed by atoms with Gasteiger partial charge in [-0.3, -0.25) is 4.98 Å². The maximum absolute atomic E-state index is 6.23. The molecule has 2 heterocycles. The summed E-state index contributed by atoms with van der Waals surface area (Å²) in [5.41, 5.74) is 2.22. The van der Waals surface area contributed by atoms with Gasteiger partial charge in [-0.25, -0.2) is 0 Å². The van der Waals surface area contributed by atoms with Crippen molar-refractivity contribution in [1.82, 2.24) is 4.98 Å². The lowest BCUT2D eigenvalue weighted by Gasteiger charge is -2.07. The van der Waals surface area contributed by atoms with E-state index in [0.29, 0.717) is 0 Å². The van der Waals surface area contributed by atoms with E-state index in [2.05, 4.69) is 26.3 Å². The second-order valence-electron chi connectivity index (χ2n) is 3.59. The number of aromatic nitrogens is 1. The first-order valence-corrected chi connectivity index (χ1v) is 7.13. The van der Waals surface area contributed by atoms with Gasteiger partial charge in [-0.2, -0.15) is 0 Å². The Balaban J connectivity index is 2.15. The molecule has 0 bridgehead atoms. The third kappa shape index (κ3) is 2.65. The largest absolute Gasteiger partial charge is 0.261 e. The van der Waals surface area contributed by atoms with Crippen LogP contribution in [0, 0.1) is 6.92 Å². The summed E-state index contributed by atoms with van der Waals surface area (Å²) >= 11 is 11.6. The SMILES string of the molecule is Cc1csc(C(Br)Cc2ccccn2)c1Cl. The lowest BCUT2D eigenvalue weighted by Crippen LogP contribution is -1.95. The number of pyridine rings is 1. The average molecular weight is 317 g/mol. The van der Waals surface area contributed by atoms with Gasteiger partial charge in [0.2, 0.25) is 0 Å². The molecule has 0 saturated carbocycles. The summed E-state index contributed by atoms with van der Waals surface area (Å²) in [5.74, 6) is 0. The average Bonchev–Trinajstić information content (AvgIpc) is 2.61. The molecular formula is C12H11BrClNS. The summed E-state index contributed by atoms with van der Waals surface area (Å²) in [6, 6.07) is 5.96. The molecule has 4 heteroatoms. The van der Waals surface area contributed by atoms with Crippen LogP contribution in [0.3, 0.4) is 0 Å². The number of rotatable bonds is 3. The molecule has 16 heavy (non-hydrogen) atoms. The van der Waals surface area contributed by atoms with Crippen molar-refractivity contribution in [3.05, 3.63) is 50.9 Å². The molecule has 0 saturated heterocycles. The highest BCUT2D eigenvalue weighted by Crippen LogP contribution is 2.38. The zero-order valence-electron chi connectivity index (χ0n) is 8.78. The Bertz CT molecular complexity index is 469. The fraction of sp³-hybridized carbons (Fsp3) is 0.250. The predicted molar refractivity (Wildman–Crippen MR) is 73.7 cm³/mol. The van der Waals surface area contributed by atoms with Crippen molar-refractivity contribution in [3.63, 3.8) is 0 Å². The highest BCUT2D eigenvalue weighted by Gasteiger charge is 2.16. The maximum Gasteiger partial charge on any atom is 0.0585 e. The third-order valence-electron chi connectivity index (χ3n) is 2.32. The van der Waals surface area contributed by atoms with Crippen LogP contribution < -0.4 is 0 Å². The standard InChI is InChI=1S/C12H11BrClNS/c1-8-7-16-12(11(8)14)10(13)6-9-4-2-3-5-15-9/h2-5,7,10H,6H2,1H3. The molecule has 0 radical (unpaired) electrons.